The van der Waals surface area contributed by atoms with E-state index < -0.39 is 5.54 Å². The topological polar surface area (TPSA) is 43.1 Å². The minimum Gasteiger partial charge on any atom is -0.319 e. The largest absolute Gasteiger partial charge is 0.319 e. The van der Waals surface area contributed by atoms with Crippen LogP contribution in [-0.4, -0.2) is 11.3 Å². The first-order valence-electron chi connectivity index (χ1n) is 7.47. The van der Waals surface area contributed by atoms with Crippen LogP contribution in [0.1, 0.15) is 37.7 Å². The number of hydrogen-bond acceptors (Lipinski definition) is 2. The summed E-state index contributed by atoms with van der Waals surface area (Å²) in [6, 6.07) is 14.5. The highest BCUT2D eigenvalue weighted by Gasteiger charge is 2.34. The molecule has 0 radical (unpaired) electrons. The molecule has 3 rings (SSSR count). The predicted octanol–water partition coefficient (Wildman–Crippen LogP) is 3.61. The van der Waals surface area contributed by atoms with Gasteiger partial charge in [0.25, 0.3) is 0 Å². The fourth-order valence-electron chi connectivity index (χ4n) is 3.17. The Bertz CT molecular complexity index is 626. The summed E-state index contributed by atoms with van der Waals surface area (Å²) in [5.74, 6) is 0.201. The van der Waals surface area contributed by atoms with E-state index in [-0.39, 0.29) is 5.78 Å². The van der Waals surface area contributed by atoms with Crippen molar-refractivity contribution in [3.05, 3.63) is 48.0 Å². The third kappa shape index (κ3) is 2.61. The minimum atomic E-state index is -0.579. The van der Waals surface area contributed by atoms with Gasteiger partial charge in [0.15, 0.2) is 5.78 Å². The van der Waals surface area contributed by atoms with Crippen LogP contribution in [0.2, 0.25) is 0 Å². The third-order valence-corrected chi connectivity index (χ3v) is 4.48. The average Bonchev–Trinajstić information content (AvgIpc) is 2.48. The van der Waals surface area contributed by atoms with Crippen molar-refractivity contribution in [3.8, 4) is 0 Å². The maximum absolute atomic E-state index is 12.5. The van der Waals surface area contributed by atoms with E-state index in [1.165, 1.54) is 17.2 Å². The first-order chi connectivity index (χ1) is 9.67. The maximum atomic E-state index is 12.5. The van der Waals surface area contributed by atoms with Crippen LogP contribution < -0.4 is 5.73 Å². The number of Topliss-reactive ketones (excluding diaryl/α,β-unsaturated/α-hetero) is 1. The summed E-state index contributed by atoms with van der Waals surface area (Å²) in [5, 5.41) is 2.40. The number of benzene rings is 2. The zero-order chi connectivity index (χ0) is 14.0. The molecule has 2 aromatic carbocycles. The van der Waals surface area contributed by atoms with Crippen molar-refractivity contribution in [1.29, 1.82) is 0 Å². The van der Waals surface area contributed by atoms with Crippen LogP contribution in [0.3, 0.4) is 0 Å². The molecule has 0 saturated heterocycles. The Morgan fingerprint density at radius 2 is 1.70 bits per heavy atom. The molecule has 0 bridgehead atoms. The van der Waals surface area contributed by atoms with Crippen molar-refractivity contribution in [3.63, 3.8) is 0 Å². The van der Waals surface area contributed by atoms with Gasteiger partial charge in [-0.2, -0.15) is 0 Å². The first-order valence-corrected chi connectivity index (χ1v) is 7.47. The molecule has 0 spiro atoms. The number of fused-ring (bicyclic) bond motifs is 1. The molecule has 104 valence electrons. The van der Waals surface area contributed by atoms with Gasteiger partial charge in [-0.3, -0.25) is 4.79 Å². The second-order valence-electron chi connectivity index (χ2n) is 6.00. The number of hydrogen-bond donors (Lipinski definition) is 1. The Hall–Kier alpha value is -1.67. The zero-order valence-electron chi connectivity index (χ0n) is 11.8. The van der Waals surface area contributed by atoms with Gasteiger partial charge in [0.05, 0.1) is 5.54 Å². The number of carbonyl (C=O) groups is 1. The molecule has 1 aliphatic rings. The van der Waals surface area contributed by atoms with Crippen LogP contribution in [0, 0.1) is 0 Å². The molecule has 20 heavy (non-hydrogen) atoms. The first kappa shape index (κ1) is 13.3. The van der Waals surface area contributed by atoms with Gasteiger partial charge in [0.1, 0.15) is 0 Å². The van der Waals surface area contributed by atoms with E-state index in [9.17, 15) is 4.79 Å². The van der Waals surface area contributed by atoms with Gasteiger partial charge < -0.3 is 5.73 Å². The third-order valence-electron chi connectivity index (χ3n) is 4.48. The molecule has 1 saturated carbocycles. The lowest BCUT2D eigenvalue weighted by molar-refractivity contribution is -0.124. The highest BCUT2D eigenvalue weighted by molar-refractivity contribution is 5.91. The second-order valence-corrected chi connectivity index (χ2v) is 6.00. The molecule has 1 fully saturated rings. The summed E-state index contributed by atoms with van der Waals surface area (Å²) in [6.07, 6.45) is 5.53. The number of carbonyl (C=O) groups excluding carboxylic acids is 1. The van der Waals surface area contributed by atoms with Crippen LogP contribution in [-0.2, 0) is 11.2 Å². The van der Waals surface area contributed by atoms with Crippen LogP contribution in [0.5, 0.6) is 0 Å². The van der Waals surface area contributed by atoms with E-state index in [1.54, 1.807) is 0 Å². The fraction of sp³-hybridized carbons (Fsp3) is 0.389. The molecule has 1 aliphatic carbocycles. The summed E-state index contributed by atoms with van der Waals surface area (Å²) in [4.78, 5) is 12.5. The SMILES string of the molecule is NC1(C(=O)Cc2ccc3ccccc3c2)CCCCC1. The summed E-state index contributed by atoms with van der Waals surface area (Å²) in [5.41, 5.74) is 6.81. The highest BCUT2D eigenvalue weighted by atomic mass is 16.1. The molecule has 2 aromatic rings. The van der Waals surface area contributed by atoms with Gasteiger partial charge in [-0.1, -0.05) is 61.7 Å². The smallest absolute Gasteiger partial charge is 0.156 e. The minimum absolute atomic E-state index is 0.201. The summed E-state index contributed by atoms with van der Waals surface area (Å²) < 4.78 is 0. The van der Waals surface area contributed by atoms with Gasteiger partial charge in [-0.15, -0.1) is 0 Å². The van der Waals surface area contributed by atoms with Crippen molar-refractivity contribution in [1.82, 2.24) is 0 Å². The molecule has 0 aromatic heterocycles. The summed E-state index contributed by atoms with van der Waals surface area (Å²) in [7, 11) is 0. The van der Waals surface area contributed by atoms with Gasteiger partial charge in [0, 0.05) is 6.42 Å². The number of ketones is 1. The van der Waals surface area contributed by atoms with Crippen molar-refractivity contribution < 1.29 is 4.79 Å². The van der Waals surface area contributed by atoms with Crippen LogP contribution >= 0.6 is 0 Å². The van der Waals surface area contributed by atoms with E-state index >= 15 is 0 Å². The monoisotopic (exact) mass is 267 g/mol. The van der Waals surface area contributed by atoms with Crippen molar-refractivity contribution in [2.45, 2.75) is 44.1 Å². The highest BCUT2D eigenvalue weighted by Crippen LogP contribution is 2.28. The van der Waals surface area contributed by atoms with E-state index in [1.807, 2.05) is 18.2 Å². The molecule has 0 unspecified atom stereocenters. The van der Waals surface area contributed by atoms with E-state index in [0.717, 1.165) is 31.2 Å². The van der Waals surface area contributed by atoms with E-state index in [2.05, 4.69) is 24.3 Å². The summed E-state index contributed by atoms with van der Waals surface area (Å²) >= 11 is 0. The van der Waals surface area contributed by atoms with Crippen LogP contribution in [0.25, 0.3) is 10.8 Å². The van der Waals surface area contributed by atoms with Gasteiger partial charge in [-0.25, -0.2) is 0 Å². The van der Waals surface area contributed by atoms with Gasteiger partial charge in [-0.05, 0) is 29.2 Å². The molecule has 0 aliphatic heterocycles. The lowest BCUT2D eigenvalue weighted by Gasteiger charge is -2.31. The average molecular weight is 267 g/mol. The Morgan fingerprint density at radius 1 is 1.00 bits per heavy atom. The molecule has 2 nitrogen and oxygen atoms in total. The Balaban J connectivity index is 1.80. The molecule has 0 heterocycles. The fourth-order valence-corrected chi connectivity index (χ4v) is 3.17. The van der Waals surface area contributed by atoms with Gasteiger partial charge >= 0.3 is 0 Å². The molecular formula is C18H21NO. The molecular weight excluding hydrogens is 246 g/mol. The van der Waals surface area contributed by atoms with Crippen molar-refractivity contribution >= 4 is 16.6 Å². The number of rotatable bonds is 3. The van der Waals surface area contributed by atoms with Crippen LogP contribution in [0.15, 0.2) is 42.5 Å². The Labute approximate surface area is 120 Å². The zero-order valence-corrected chi connectivity index (χ0v) is 11.8. The normalized spacial score (nSPS) is 18.1. The standard InChI is InChI=1S/C18H21NO/c19-18(10-4-1-5-11-18)17(20)13-14-8-9-15-6-2-3-7-16(15)12-14/h2-3,6-9,12H,1,4-5,10-11,13,19H2. The molecule has 0 atom stereocenters. The molecule has 2 heteroatoms. The van der Waals surface area contributed by atoms with E-state index in [4.69, 9.17) is 5.73 Å². The van der Waals surface area contributed by atoms with E-state index in [0.29, 0.717) is 6.42 Å². The second kappa shape index (κ2) is 5.37. The lowest BCUT2D eigenvalue weighted by Crippen LogP contribution is -2.50. The van der Waals surface area contributed by atoms with Crippen molar-refractivity contribution in [2.75, 3.05) is 0 Å². The molecule has 0 amide bonds. The van der Waals surface area contributed by atoms with Crippen LogP contribution in [0.4, 0.5) is 0 Å². The molecule has 2 N–H and O–H groups in total. The van der Waals surface area contributed by atoms with Crippen molar-refractivity contribution in [2.24, 2.45) is 5.73 Å². The quantitative estimate of drug-likeness (QED) is 0.923. The predicted molar refractivity (Wildman–Crippen MR) is 82.7 cm³/mol. The lowest BCUT2D eigenvalue weighted by atomic mass is 9.78. The number of nitrogens with two attached hydrogens (primary N) is 1. The maximum Gasteiger partial charge on any atom is 0.156 e. The van der Waals surface area contributed by atoms with Gasteiger partial charge in [0.2, 0.25) is 0 Å². The Kier molecular flexibility index (Phi) is 3.58. The Morgan fingerprint density at radius 3 is 2.45 bits per heavy atom. The summed E-state index contributed by atoms with van der Waals surface area (Å²) in [6.45, 7) is 0.